The number of aromatic amines is 1. The number of rotatable bonds is 7. The van der Waals surface area contributed by atoms with Gasteiger partial charge in [0.2, 0.25) is 11.3 Å². The number of H-pyrrole nitrogens is 1. The van der Waals surface area contributed by atoms with Crippen LogP contribution in [0.3, 0.4) is 0 Å². The summed E-state index contributed by atoms with van der Waals surface area (Å²) in [5, 5.41) is 3.50. The fourth-order valence-electron chi connectivity index (χ4n) is 2.78. The van der Waals surface area contributed by atoms with Gasteiger partial charge < -0.3 is 19.8 Å². The smallest absolute Gasteiger partial charge is 0.344 e. The Morgan fingerprint density at radius 3 is 2.66 bits per heavy atom. The molecular weight excluding hydrogens is 392 g/mol. The molecule has 2 N–H and O–H groups in total. The second kappa shape index (κ2) is 9.29. The van der Waals surface area contributed by atoms with Gasteiger partial charge in [0.15, 0.2) is 0 Å². The molecule has 1 aromatic heterocycles. The summed E-state index contributed by atoms with van der Waals surface area (Å²) in [6.07, 6.45) is 0. The molecule has 8 heteroatoms. The molecule has 0 spiro atoms. The van der Waals surface area contributed by atoms with E-state index in [4.69, 9.17) is 9.47 Å². The van der Waals surface area contributed by atoms with Gasteiger partial charge in [0, 0.05) is 11.9 Å². The lowest BCUT2D eigenvalue weighted by atomic mass is 10.1. The van der Waals surface area contributed by atoms with Crippen LogP contribution in [0.15, 0.2) is 58.4 Å². The average Bonchev–Trinajstić information content (AvgIpc) is 2.76. The number of hydrogen-bond donors (Lipinski definition) is 2. The van der Waals surface area contributed by atoms with Gasteiger partial charge in [-0.15, -0.1) is 0 Å². The van der Waals surface area contributed by atoms with E-state index in [0.29, 0.717) is 28.2 Å². The van der Waals surface area contributed by atoms with Crippen LogP contribution in [0.5, 0.6) is 5.75 Å². The first-order valence-electron chi connectivity index (χ1n) is 8.79. The van der Waals surface area contributed by atoms with Crippen LogP contribution >= 0.6 is 11.8 Å². The maximum absolute atomic E-state index is 12.7. The number of ether oxygens (including phenoxy) is 2. The maximum atomic E-state index is 12.7. The number of nitrogens with one attached hydrogen (secondary N) is 2. The van der Waals surface area contributed by atoms with Crippen molar-refractivity contribution in [3.8, 4) is 5.75 Å². The Kier molecular flexibility index (Phi) is 6.56. The molecule has 0 saturated heterocycles. The molecule has 0 fully saturated rings. The second-order valence-electron chi connectivity index (χ2n) is 6.11. The number of hydrogen-bond acceptors (Lipinski definition) is 6. The number of fused-ring (bicyclic) bond motifs is 1. The molecule has 3 aromatic rings. The number of pyridine rings is 1. The fourth-order valence-corrected chi connectivity index (χ4v) is 3.66. The number of carbonyl (C=O) groups excluding carboxylic acids is 2. The Morgan fingerprint density at radius 2 is 1.90 bits per heavy atom. The lowest BCUT2D eigenvalue weighted by molar-refractivity contribution is -0.118. The van der Waals surface area contributed by atoms with E-state index in [1.165, 1.54) is 7.11 Å². The Labute approximate surface area is 171 Å². The molecule has 0 aliphatic rings. The van der Waals surface area contributed by atoms with E-state index >= 15 is 0 Å². The zero-order valence-corrected chi connectivity index (χ0v) is 16.8. The summed E-state index contributed by atoms with van der Waals surface area (Å²) in [4.78, 5) is 40.2. The van der Waals surface area contributed by atoms with Gasteiger partial charge in [-0.05, 0) is 29.8 Å². The average molecular weight is 412 g/mol. The topological polar surface area (TPSA) is 97.5 Å². The number of para-hydroxylation sites is 1. The fraction of sp³-hybridized carbons (Fsp3) is 0.190. The molecule has 29 heavy (non-hydrogen) atoms. The van der Waals surface area contributed by atoms with E-state index in [1.54, 1.807) is 31.4 Å². The number of methoxy groups -OCH3 is 2. The minimum Gasteiger partial charge on any atom is -0.497 e. The Hall–Kier alpha value is -3.26. The molecule has 0 saturated carbocycles. The van der Waals surface area contributed by atoms with Crippen molar-refractivity contribution in [2.24, 2.45) is 0 Å². The van der Waals surface area contributed by atoms with Gasteiger partial charge in [-0.1, -0.05) is 36.0 Å². The molecule has 150 valence electrons. The molecular formula is C21H20N2O5S. The third-order valence-corrected chi connectivity index (χ3v) is 5.24. The Balaban J connectivity index is 1.74. The number of thioether (sulfide) groups is 1. The minimum absolute atomic E-state index is 0.0300. The summed E-state index contributed by atoms with van der Waals surface area (Å²) in [6, 6.07) is 14.3. The molecule has 2 aromatic carbocycles. The highest BCUT2D eigenvalue weighted by atomic mass is 32.2. The molecule has 0 bridgehead atoms. The van der Waals surface area contributed by atoms with Gasteiger partial charge >= 0.3 is 5.97 Å². The summed E-state index contributed by atoms with van der Waals surface area (Å²) in [5.74, 6) is -0.232. The minimum atomic E-state index is -0.740. The normalized spacial score (nSPS) is 10.6. The van der Waals surface area contributed by atoms with Crippen molar-refractivity contribution in [2.75, 3.05) is 20.0 Å². The summed E-state index contributed by atoms with van der Waals surface area (Å²) in [6.45, 7) is 0.342. The third-order valence-electron chi connectivity index (χ3n) is 4.23. The van der Waals surface area contributed by atoms with Crippen molar-refractivity contribution >= 4 is 34.5 Å². The van der Waals surface area contributed by atoms with Crippen LogP contribution in [0.1, 0.15) is 15.9 Å². The monoisotopic (exact) mass is 412 g/mol. The number of benzene rings is 2. The quantitative estimate of drug-likeness (QED) is 0.457. The Bertz CT molecular complexity index is 1110. The highest BCUT2D eigenvalue weighted by Gasteiger charge is 2.20. The molecule has 0 aliphatic carbocycles. The maximum Gasteiger partial charge on any atom is 0.344 e. The predicted molar refractivity (Wildman–Crippen MR) is 111 cm³/mol. The first kappa shape index (κ1) is 20.5. The highest BCUT2D eigenvalue weighted by molar-refractivity contribution is 8.00. The summed E-state index contributed by atoms with van der Waals surface area (Å²) >= 11 is 1.08. The number of carbonyl (C=O) groups is 2. The van der Waals surface area contributed by atoms with Gasteiger partial charge in [0.1, 0.15) is 11.3 Å². The molecule has 0 atom stereocenters. The van der Waals surface area contributed by atoms with E-state index in [9.17, 15) is 14.4 Å². The zero-order chi connectivity index (χ0) is 20.8. The molecule has 1 amide bonds. The first-order chi connectivity index (χ1) is 14.0. The van der Waals surface area contributed by atoms with E-state index in [2.05, 4.69) is 10.3 Å². The summed E-state index contributed by atoms with van der Waals surface area (Å²) < 4.78 is 9.92. The number of esters is 1. The second-order valence-corrected chi connectivity index (χ2v) is 7.10. The predicted octanol–water partition coefficient (Wildman–Crippen LogP) is 2.73. The van der Waals surface area contributed by atoms with E-state index in [-0.39, 0.29) is 17.2 Å². The van der Waals surface area contributed by atoms with Gasteiger partial charge in [-0.3, -0.25) is 9.59 Å². The SMILES string of the molecule is COC(=O)c1c(SCC(=O)NCc2cccc(OC)c2)[nH]c2ccccc2c1=O. The molecule has 0 radical (unpaired) electrons. The number of aromatic nitrogens is 1. The first-order valence-corrected chi connectivity index (χ1v) is 9.77. The third kappa shape index (κ3) is 4.78. The van der Waals surface area contributed by atoms with Crippen molar-refractivity contribution < 1.29 is 19.1 Å². The Morgan fingerprint density at radius 1 is 1.10 bits per heavy atom. The van der Waals surface area contributed by atoms with Gasteiger partial charge in [0.05, 0.1) is 30.5 Å². The van der Waals surface area contributed by atoms with Gasteiger partial charge in [-0.25, -0.2) is 4.79 Å². The van der Waals surface area contributed by atoms with Crippen molar-refractivity contribution in [3.63, 3.8) is 0 Å². The zero-order valence-electron chi connectivity index (χ0n) is 16.0. The van der Waals surface area contributed by atoms with Crippen LogP contribution in [0.25, 0.3) is 10.9 Å². The van der Waals surface area contributed by atoms with Crippen LogP contribution in [0.4, 0.5) is 0 Å². The van der Waals surface area contributed by atoms with Crippen LogP contribution in [-0.4, -0.2) is 36.8 Å². The summed E-state index contributed by atoms with van der Waals surface area (Å²) in [5.41, 5.74) is 0.962. The lowest BCUT2D eigenvalue weighted by Crippen LogP contribution is -2.25. The summed E-state index contributed by atoms with van der Waals surface area (Å²) in [7, 11) is 2.80. The van der Waals surface area contributed by atoms with Crippen molar-refractivity contribution in [1.82, 2.24) is 10.3 Å². The lowest BCUT2D eigenvalue weighted by Gasteiger charge is -2.10. The van der Waals surface area contributed by atoms with E-state index < -0.39 is 11.4 Å². The van der Waals surface area contributed by atoms with E-state index in [0.717, 1.165) is 17.3 Å². The molecule has 7 nitrogen and oxygen atoms in total. The van der Waals surface area contributed by atoms with Crippen molar-refractivity contribution in [3.05, 3.63) is 69.9 Å². The van der Waals surface area contributed by atoms with Crippen LogP contribution in [0.2, 0.25) is 0 Å². The highest BCUT2D eigenvalue weighted by Crippen LogP contribution is 2.22. The molecule has 0 aliphatic heterocycles. The van der Waals surface area contributed by atoms with Crippen LogP contribution < -0.4 is 15.5 Å². The molecule has 3 rings (SSSR count). The number of amides is 1. The van der Waals surface area contributed by atoms with Crippen LogP contribution in [-0.2, 0) is 16.1 Å². The van der Waals surface area contributed by atoms with Crippen molar-refractivity contribution in [1.29, 1.82) is 0 Å². The largest absolute Gasteiger partial charge is 0.497 e. The van der Waals surface area contributed by atoms with Gasteiger partial charge in [-0.2, -0.15) is 0 Å². The van der Waals surface area contributed by atoms with E-state index in [1.807, 2.05) is 24.3 Å². The molecule has 1 heterocycles. The standard InChI is InChI=1S/C21H20N2O5S/c1-27-14-7-5-6-13(10-14)11-22-17(24)12-29-20-18(21(26)28-2)19(25)15-8-3-4-9-16(15)23-20/h3-10H,11-12H2,1-2H3,(H,22,24)(H,23,25). The molecule has 0 unspecified atom stereocenters. The van der Waals surface area contributed by atoms with Crippen molar-refractivity contribution in [2.45, 2.75) is 11.6 Å². The van der Waals surface area contributed by atoms with Gasteiger partial charge in [0.25, 0.3) is 0 Å². The van der Waals surface area contributed by atoms with Crippen LogP contribution in [0, 0.1) is 0 Å².